The number of hydrogen-bond acceptors (Lipinski definition) is 2. The van der Waals surface area contributed by atoms with E-state index in [0.717, 1.165) is 0 Å². The van der Waals surface area contributed by atoms with Crippen molar-refractivity contribution in [3.63, 3.8) is 0 Å². The van der Waals surface area contributed by atoms with Gasteiger partial charge in [-0.1, -0.05) is 0 Å². The maximum Gasteiger partial charge on any atom is 0.234 e. The minimum atomic E-state index is -0.375. The summed E-state index contributed by atoms with van der Waals surface area (Å²) in [6.07, 6.45) is -0.0758. The Morgan fingerprint density at radius 2 is 2.07 bits per heavy atom. The normalized spacial score (nSPS) is 16.3. The summed E-state index contributed by atoms with van der Waals surface area (Å²) in [4.78, 5) is 23.7. The van der Waals surface area contributed by atoms with E-state index in [-0.39, 0.29) is 30.5 Å². The van der Waals surface area contributed by atoms with Crippen LogP contribution in [0.15, 0.2) is 18.2 Å². The second kappa shape index (κ2) is 3.88. The zero-order valence-electron chi connectivity index (χ0n) is 7.67. The van der Waals surface area contributed by atoms with Crippen LogP contribution in [0.5, 0.6) is 0 Å². The molecule has 3 nitrogen and oxygen atoms in total. The van der Waals surface area contributed by atoms with Crippen molar-refractivity contribution in [2.45, 2.75) is 6.42 Å². The van der Waals surface area contributed by atoms with Crippen LogP contribution in [0.2, 0.25) is 0 Å². The summed E-state index contributed by atoms with van der Waals surface area (Å²) in [6, 6.07) is 4.50. The van der Waals surface area contributed by atoms with Crippen molar-refractivity contribution in [1.82, 2.24) is 0 Å². The van der Waals surface area contributed by atoms with Crippen LogP contribution in [-0.2, 0) is 9.59 Å². The average molecular weight is 319 g/mol. The van der Waals surface area contributed by atoms with Gasteiger partial charge in [-0.2, -0.15) is 0 Å². The minimum absolute atomic E-state index is 0.0544. The van der Waals surface area contributed by atoms with Crippen LogP contribution < -0.4 is 4.90 Å². The molecule has 0 spiro atoms. The summed E-state index contributed by atoms with van der Waals surface area (Å²) in [5.74, 6) is -0.764. The van der Waals surface area contributed by atoms with Crippen molar-refractivity contribution >= 4 is 40.0 Å². The maximum absolute atomic E-state index is 13.2. The fourth-order valence-electron chi connectivity index (χ4n) is 1.47. The molecule has 5 heteroatoms. The molecule has 15 heavy (non-hydrogen) atoms. The van der Waals surface area contributed by atoms with E-state index < -0.39 is 0 Å². The molecule has 1 heterocycles. The zero-order valence-corrected chi connectivity index (χ0v) is 9.82. The van der Waals surface area contributed by atoms with Crippen molar-refractivity contribution in [3.8, 4) is 0 Å². The largest absolute Gasteiger partial charge is 0.304 e. The smallest absolute Gasteiger partial charge is 0.234 e. The van der Waals surface area contributed by atoms with Crippen molar-refractivity contribution in [3.05, 3.63) is 27.6 Å². The average Bonchev–Trinajstić information content (AvgIpc) is 2.50. The van der Waals surface area contributed by atoms with Gasteiger partial charge >= 0.3 is 0 Å². The molecule has 0 N–H and O–H groups in total. The predicted molar refractivity (Wildman–Crippen MR) is 61.1 cm³/mol. The highest BCUT2D eigenvalue weighted by atomic mass is 127. The van der Waals surface area contributed by atoms with E-state index in [0.29, 0.717) is 9.26 Å². The molecule has 1 aromatic carbocycles. The van der Waals surface area contributed by atoms with Gasteiger partial charge in [-0.3, -0.25) is 9.59 Å². The molecule has 1 amide bonds. The van der Waals surface area contributed by atoms with E-state index in [1.807, 2.05) is 22.6 Å². The van der Waals surface area contributed by atoms with Gasteiger partial charge in [0.05, 0.1) is 13.0 Å². The molecule has 0 bridgehead atoms. The fraction of sp³-hybridized carbons (Fsp3) is 0.200. The molecule has 1 aromatic rings. The molecule has 78 valence electrons. The lowest BCUT2D eigenvalue weighted by Crippen LogP contribution is -2.24. The first-order valence-electron chi connectivity index (χ1n) is 4.35. The molecular weight excluding hydrogens is 312 g/mol. The quantitative estimate of drug-likeness (QED) is 0.584. The minimum Gasteiger partial charge on any atom is -0.304 e. The van der Waals surface area contributed by atoms with Gasteiger partial charge < -0.3 is 4.90 Å². The first-order chi connectivity index (χ1) is 7.08. The Morgan fingerprint density at radius 1 is 1.33 bits per heavy atom. The molecule has 1 fully saturated rings. The lowest BCUT2D eigenvalue weighted by molar-refractivity contribution is -0.121. The monoisotopic (exact) mass is 319 g/mol. The molecule has 0 saturated carbocycles. The second-order valence-corrected chi connectivity index (χ2v) is 4.46. The number of ketones is 1. The van der Waals surface area contributed by atoms with Crippen LogP contribution in [0, 0.1) is 9.39 Å². The van der Waals surface area contributed by atoms with E-state index >= 15 is 0 Å². The molecule has 1 aliphatic heterocycles. The van der Waals surface area contributed by atoms with Gasteiger partial charge in [0.1, 0.15) is 5.82 Å². The number of halogens is 2. The first-order valence-corrected chi connectivity index (χ1v) is 5.43. The van der Waals surface area contributed by atoms with Crippen LogP contribution in [0.4, 0.5) is 10.1 Å². The Bertz CT molecular complexity index is 447. The van der Waals surface area contributed by atoms with E-state index in [4.69, 9.17) is 0 Å². The van der Waals surface area contributed by atoms with E-state index in [2.05, 4.69) is 0 Å². The standard InChI is InChI=1S/C10H7FINO2/c11-8-3-6(1-2-9(8)12)13-5-7(14)4-10(13)15/h1-3H,4-5H2. The third kappa shape index (κ3) is 2.01. The summed E-state index contributed by atoms with van der Waals surface area (Å²) in [7, 11) is 0. The summed E-state index contributed by atoms with van der Waals surface area (Å²) in [5.41, 5.74) is 0.448. The van der Waals surface area contributed by atoms with Crippen LogP contribution in [0.25, 0.3) is 0 Å². The van der Waals surface area contributed by atoms with E-state index in [1.54, 1.807) is 12.1 Å². The van der Waals surface area contributed by atoms with Gasteiger partial charge in [-0.25, -0.2) is 4.39 Å². The third-order valence-electron chi connectivity index (χ3n) is 2.20. The molecule has 0 atom stereocenters. The van der Waals surface area contributed by atoms with Gasteiger partial charge in [0, 0.05) is 9.26 Å². The van der Waals surface area contributed by atoms with E-state index in [1.165, 1.54) is 11.0 Å². The first kappa shape index (κ1) is 10.5. The van der Waals surface area contributed by atoms with Gasteiger partial charge in [-0.05, 0) is 40.8 Å². The fourth-order valence-corrected chi connectivity index (χ4v) is 1.81. The van der Waals surface area contributed by atoms with Crippen LogP contribution in [0.3, 0.4) is 0 Å². The summed E-state index contributed by atoms with van der Waals surface area (Å²) in [6.45, 7) is 0.0544. The third-order valence-corrected chi connectivity index (χ3v) is 3.07. The Labute approximate surface area is 99.4 Å². The van der Waals surface area contributed by atoms with Crippen LogP contribution >= 0.6 is 22.6 Å². The number of rotatable bonds is 1. The van der Waals surface area contributed by atoms with Crippen molar-refractivity contribution in [2.24, 2.45) is 0 Å². The van der Waals surface area contributed by atoms with Crippen LogP contribution in [-0.4, -0.2) is 18.2 Å². The van der Waals surface area contributed by atoms with Crippen molar-refractivity contribution in [1.29, 1.82) is 0 Å². The number of nitrogens with zero attached hydrogens (tertiary/aromatic N) is 1. The number of Topliss-reactive ketones (excluding diaryl/α,β-unsaturated/α-hetero) is 1. The van der Waals surface area contributed by atoms with Gasteiger partial charge in [-0.15, -0.1) is 0 Å². The molecule has 1 aliphatic rings. The highest BCUT2D eigenvalue weighted by molar-refractivity contribution is 14.1. The molecule has 0 unspecified atom stereocenters. The topological polar surface area (TPSA) is 37.4 Å². The van der Waals surface area contributed by atoms with Crippen molar-refractivity contribution < 1.29 is 14.0 Å². The Kier molecular flexibility index (Phi) is 2.72. The molecule has 0 radical (unpaired) electrons. The van der Waals surface area contributed by atoms with E-state index in [9.17, 15) is 14.0 Å². The lowest BCUT2D eigenvalue weighted by Gasteiger charge is -2.14. The molecule has 0 aliphatic carbocycles. The van der Waals surface area contributed by atoms with Crippen LogP contribution in [0.1, 0.15) is 6.42 Å². The number of carbonyl (C=O) groups is 2. The Morgan fingerprint density at radius 3 is 2.60 bits per heavy atom. The molecule has 0 aromatic heterocycles. The SMILES string of the molecule is O=C1CC(=O)N(c2ccc(I)c(F)c2)C1. The summed E-state index contributed by atoms with van der Waals surface area (Å²) >= 11 is 1.87. The number of anilines is 1. The van der Waals surface area contributed by atoms with Gasteiger partial charge in [0.2, 0.25) is 5.91 Å². The molecule has 1 saturated heterocycles. The highest BCUT2D eigenvalue weighted by Gasteiger charge is 2.28. The zero-order chi connectivity index (χ0) is 11.0. The van der Waals surface area contributed by atoms with Gasteiger partial charge in [0.25, 0.3) is 0 Å². The molecular formula is C10H7FINO2. The Hall–Kier alpha value is -0.980. The number of hydrogen-bond donors (Lipinski definition) is 0. The number of amides is 1. The Balaban J connectivity index is 2.34. The second-order valence-electron chi connectivity index (χ2n) is 3.29. The lowest BCUT2D eigenvalue weighted by atomic mass is 10.3. The summed E-state index contributed by atoms with van der Waals surface area (Å²) in [5, 5.41) is 0. The number of benzene rings is 1. The molecule has 2 rings (SSSR count). The number of carbonyl (C=O) groups excluding carboxylic acids is 2. The predicted octanol–water partition coefficient (Wildman–Crippen LogP) is 1.74. The highest BCUT2D eigenvalue weighted by Crippen LogP contribution is 2.23. The van der Waals surface area contributed by atoms with Gasteiger partial charge in [0.15, 0.2) is 5.78 Å². The maximum atomic E-state index is 13.2. The van der Waals surface area contributed by atoms with Crippen molar-refractivity contribution in [2.75, 3.05) is 11.4 Å². The summed E-state index contributed by atoms with van der Waals surface area (Å²) < 4.78 is 13.7.